The van der Waals surface area contributed by atoms with Crippen molar-refractivity contribution in [1.82, 2.24) is 24.9 Å². The fourth-order valence-electron chi connectivity index (χ4n) is 3.71. The molecule has 3 heterocycles. The van der Waals surface area contributed by atoms with Gasteiger partial charge in [0.2, 0.25) is 0 Å². The van der Waals surface area contributed by atoms with Gasteiger partial charge in [-0.1, -0.05) is 0 Å². The number of amides is 3. The summed E-state index contributed by atoms with van der Waals surface area (Å²) in [7, 11) is 0. The largest absolute Gasteiger partial charge is 0.325 e. The molecule has 3 amide bonds. The highest BCUT2D eigenvalue weighted by atomic mass is 16.2. The molecule has 2 aliphatic heterocycles. The number of rotatable bonds is 5. The van der Waals surface area contributed by atoms with Gasteiger partial charge in [-0.05, 0) is 53.1 Å². The highest BCUT2D eigenvalue weighted by molar-refractivity contribution is 6.06. The van der Waals surface area contributed by atoms with Gasteiger partial charge in [0.05, 0.1) is 12.2 Å². The van der Waals surface area contributed by atoms with Crippen molar-refractivity contribution >= 4 is 11.9 Å². The van der Waals surface area contributed by atoms with Crippen molar-refractivity contribution in [3.05, 3.63) is 17.5 Å². The van der Waals surface area contributed by atoms with Crippen molar-refractivity contribution in [1.29, 1.82) is 0 Å². The highest BCUT2D eigenvalue weighted by Gasteiger charge is 2.44. The first-order chi connectivity index (χ1) is 11.3. The number of carbonyl (C=O) groups excluding carboxylic acids is 2. The molecule has 0 aliphatic carbocycles. The summed E-state index contributed by atoms with van der Waals surface area (Å²) in [5.41, 5.74) is 1.43. The van der Waals surface area contributed by atoms with E-state index in [2.05, 4.69) is 33.0 Å². The molecule has 132 valence electrons. The first-order valence-electron chi connectivity index (χ1n) is 8.67. The predicted molar refractivity (Wildman–Crippen MR) is 90.6 cm³/mol. The maximum Gasteiger partial charge on any atom is 0.325 e. The molecule has 7 heteroatoms. The molecule has 0 spiro atoms. The van der Waals surface area contributed by atoms with Gasteiger partial charge in [-0.3, -0.25) is 19.3 Å². The minimum atomic E-state index is -0.787. The van der Waals surface area contributed by atoms with Crippen molar-refractivity contribution in [2.75, 3.05) is 19.6 Å². The molecule has 1 aromatic heterocycles. The average molecular weight is 333 g/mol. The van der Waals surface area contributed by atoms with E-state index in [1.807, 2.05) is 6.92 Å². The number of nitrogens with zero attached hydrogens (tertiary/aromatic N) is 4. The minimum Gasteiger partial charge on any atom is -0.324 e. The zero-order valence-electron chi connectivity index (χ0n) is 15.0. The summed E-state index contributed by atoms with van der Waals surface area (Å²) in [6.07, 6.45) is 2.28. The second-order valence-corrected chi connectivity index (χ2v) is 7.45. The van der Waals surface area contributed by atoms with E-state index < -0.39 is 5.54 Å². The summed E-state index contributed by atoms with van der Waals surface area (Å²) >= 11 is 0. The van der Waals surface area contributed by atoms with Crippen molar-refractivity contribution < 1.29 is 9.59 Å². The van der Waals surface area contributed by atoms with Crippen LogP contribution in [0.2, 0.25) is 0 Å². The van der Waals surface area contributed by atoms with E-state index in [9.17, 15) is 9.59 Å². The molecule has 0 bridgehead atoms. The summed E-state index contributed by atoms with van der Waals surface area (Å²) in [5.74, 6) is -0.137. The maximum absolute atomic E-state index is 12.3. The Bertz CT molecular complexity index is 651. The number of aryl methyl sites for hydroxylation is 2. The molecule has 0 saturated carbocycles. The summed E-state index contributed by atoms with van der Waals surface area (Å²) in [6, 6.07) is 2.23. The lowest BCUT2D eigenvalue weighted by molar-refractivity contribution is -0.130. The number of aromatic nitrogens is 2. The van der Waals surface area contributed by atoms with Gasteiger partial charge < -0.3 is 5.32 Å². The molecular weight excluding hydrogens is 306 g/mol. The third-order valence-electron chi connectivity index (χ3n) is 5.04. The Hall–Kier alpha value is -1.89. The zero-order chi connectivity index (χ0) is 17.5. The van der Waals surface area contributed by atoms with Gasteiger partial charge in [-0.25, -0.2) is 4.79 Å². The molecule has 3 rings (SSSR count). The van der Waals surface area contributed by atoms with E-state index >= 15 is 0 Å². The quantitative estimate of drug-likeness (QED) is 0.825. The van der Waals surface area contributed by atoms with Crippen LogP contribution in [0.4, 0.5) is 4.79 Å². The Balaban J connectivity index is 1.59. The fraction of sp³-hybridized carbons (Fsp3) is 0.706. The average Bonchev–Trinajstić information content (AvgIpc) is 3.10. The summed E-state index contributed by atoms with van der Waals surface area (Å²) in [4.78, 5) is 28.0. The number of hydrogen-bond acceptors (Lipinski definition) is 4. The van der Waals surface area contributed by atoms with Crippen LogP contribution in [0, 0.1) is 13.8 Å². The molecule has 0 aromatic carbocycles. The lowest BCUT2D eigenvalue weighted by Gasteiger charge is -2.26. The van der Waals surface area contributed by atoms with Crippen LogP contribution in [-0.2, 0) is 11.3 Å². The molecule has 2 fully saturated rings. The minimum absolute atomic E-state index is 0.137. The monoisotopic (exact) mass is 333 g/mol. The second kappa shape index (κ2) is 6.20. The first kappa shape index (κ1) is 17.0. The molecular formula is C17H27N5O2. The van der Waals surface area contributed by atoms with Crippen molar-refractivity contribution in [2.24, 2.45) is 0 Å². The number of nitrogens with one attached hydrogen (secondary N) is 1. The second-order valence-electron chi connectivity index (χ2n) is 7.45. The molecule has 0 unspecified atom stereocenters. The third-order valence-corrected chi connectivity index (χ3v) is 5.04. The van der Waals surface area contributed by atoms with Crippen LogP contribution >= 0.6 is 0 Å². The maximum atomic E-state index is 12.3. The number of carbonyl (C=O) groups is 2. The topological polar surface area (TPSA) is 70.5 Å². The van der Waals surface area contributed by atoms with E-state index in [4.69, 9.17) is 0 Å². The Kier molecular flexibility index (Phi) is 4.38. The standard InChI is InChI=1S/C17H27N5O2/c1-12-10-13(2)22(19-12)11-14-6-5-7-20(14)8-9-21-15(23)17(3,4)18-16(21)24/h10,14H,5-9,11H2,1-4H3,(H,18,24)/t14-/m1/s1. The van der Waals surface area contributed by atoms with Gasteiger partial charge in [-0.2, -0.15) is 5.10 Å². The first-order valence-corrected chi connectivity index (χ1v) is 8.67. The molecule has 1 N–H and O–H groups in total. The van der Waals surface area contributed by atoms with Crippen LogP contribution < -0.4 is 5.32 Å². The van der Waals surface area contributed by atoms with E-state index in [1.165, 1.54) is 10.6 Å². The molecule has 1 aromatic rings. The van der Waals surface area contributed by atoms with Crippen LogP contribution in [0.15, 0.2) is 6.07 Å². The summed E-state index contributed by atoms with van der Waals surface area (Å²) < 4.78 is 2.06. The number of hydrogen-bond donors (Lipinski definition) is 1. The number of urea groups is 1. The molecule has 2 aliphatic rings. The van der Waals surface area contributed by atoms with Crippen molar-refractivity contribution in [3.63, 3.8) is 0 Å². The molecule has 0 radical (unpaired) electrons. The van der Waals surface area contributed by atoms with Gasteiger partial charge in [-0.15, -0.1) is 0 Å². The van der Waals surface area contributed by atoms with Crippen LogP contribution in [0.3, 0.4) is 0 Å². The van der Waals surface area contributed by atoms with Gasteiger partial charge in [0.15, 0.2) is 0 Å². The Labute approximate surface area is 143 Å². The summed E-state index contributed by atoms with van der Waals surface area (Å²) in [5, 5.41) is 7.28. The molecule has 1 atom stereocenters. The van der Waals surface area contributed by atoms with Crippen LogP contribution in [-0.4, -0.2) is 62.7 Å². The van der Waals surface area contributed by atoms with Crippen LogP contribution in [0.1, 0.15) is 38.1 Å². The highest BCUT2D eigenvalue weighted by Crippen LogP contribution is 2.21. The molecule has 2 saturated heterocycles. The number of imide groups is 1. The van der Waals surface area contributed by atoms with Crippen molar-refractivity contribution in [2.45, 2.75) is 58.7 Å². The van der Waals surface area contributed by atoms with Crippen LogP contribution in [0.25, 0.3) is 0 Å². The fourth-order valence-corrected chi connectivity index (χ4v) is 3.71. The molecule has 24 heavy (non-hydrogen) atoms. The summed E-state index contributed by atoms with van der Waals surface area (Å²) in [6.45, 7) is 10.6. The van der Waals surface area contributed by atoms with Gasteiger partial charge in [0.1, 0.15) is 5.54 Å². The van der Waals surface area contributed by atoms with Gasteiger partial charge in [0, 0.05) is 24.8 Å². The number of likely N-dealkylation sites (tertiary alicyclic amines) is 1. The van der Waals surface area contributed by atoms with Crippen LogP contribution in [0.5, 0.6) is 0 Å². The van der Waals surface area contributed by atoms with E-state index in [1.54, 1.807) is 13.8 Å². The van der Waals surface area contributed by atoms with Crippen molar-refractivity contribution in [3.8, 4) is 0 Å². The SMILES string of the molecule is Cc1cc(C)n(C[C@H]2CCCN2CCN2C(=O)NC(C)(C)C2=O)n1. The Morgan fingerprint density at radius 2 is 2.04 bits per heavy atom. The lowest BCUT2D eigenvalue weighted by Crippen LogP contribution is -2.43. The van der Waals surface area contributed by atoms with Gasteiger partial charge in [0.25, 0.3) is 5.91 Å². The third kappa shape index (κ3) is 3.17. The van der Waals surface area contributed by atoms with E-state index in [0.29, 0.717) is 12.6 Å². The van der Waals surface area contributed by atoms with E-state index in [0.717, 1.165) is 38.2 Å². The smallest absolute Gasteiger partial charge is 0.324 e. The molecule has 7 nitrogen and oxygen atoms in total. The van der Waals surface area contributed by atoms with Gasteiger partial charge >= 0.3 is 6.03 Å². The Morgan fingerprint density at radius 1 is 1.29 bits per heavy atom. The zero-order valence-corrected chi connectivity index (χ0v) is 15.0. The normalized spacial score (nSPS) is 24.0. The predicted octanol–water partition coefficient (Wildman–Crippen LogP) is 1.29. The lowest BCUT2D eigenvalue weighted by atomic mass is 10.1. The van der Waals surface area contributed by atoms with E-state index in [-0.39, 0.29) is 11.9 Å². The Morgan fingerprint density at radius 3 is 2.62 bits per heavy atom.